The van der Waals surface area contributed by atoms with Crippen LogP contribution in [0, 0.1) is 0 Å². The quantitative estimate of drug-likeness (QED) is 0.748. The van der Waals surface area contributed by atoms with E-state index in [1.165, 1.54) is 13.2 Å². The highest BCUT2D eigenvalue weighted by atomic mass is 35.5. The first-order valence-corrected chi connectivity index (χ1v) is 4.32. The third kappa shape index (κ3) is 2.85. The van der Waals surface area contributed by atoms with Crippen molar-refractivity contribution in [3.63, 3.8) is 0 Å². The van der Waals surface area contributed by atoms with Crippen molar-refractivity contribution in [3.8, 4) is 0 Å². The smallest absolute Gasteiger partial charge is 0.305 e. The molecule has 0 aromatic carbocycles. The number of nitrogens with one attached hydrogen (secondary N) is 1. The third-order valence-corrected chi connectivity index (χ3v) is 1.96. The molecule has 6 heteroatoms. The molecule has 14 heavy (non-hydrogen) atoms. The zero-order valence-corrected chi connectivity index (χ0v) is 8.30. The number of rotatable bonds is 3. The molecule has 1 aromatic heterocycles. The van der Waals surface area contributed by atoms with Crippen molar-refractivity contribution in [3.05, 3.63) is 27.1 Å². The molecule has 1 N–H and O–H groups in total. The number of esters is 1. The lowest BCUT2D eigenvalue weighted by Gasteiger charge is -2.00. The van der Waals surface area contributed by atoms with Gasteiger partial charge in [0.05, 0.1) is 24.2 Å². The van der Waals surface area contributed by atoms with E-state index in [1.807, 2.05) is 0 Å². The second kappa shape index (κ2) is 4.76. The number of ether oxygens (including phenoxy) is 1. The molecule has 1 heterocycles. The lowest BCUT2D eigenvalue weighted by atomic mass is 10.2. The Morgan fingerprint density at radius 3 is 3.00 bits per heavy atom. The van der Waals surface area contributed by atoms with Gasteiger partial charge in [-0.05, 0) is 0 Å². The van der Waals surface area contributed by atoms with Crippen molar-refractivity contribution in [1.82, 2.24) is 10.2 Å². The summed E-state index contributed by atoms with van der Waals surface area (Å²) in [5, 5.41) is 6.21. The number of hydrogen-bond acceptors (Lipinski definition) is 4. The molecule has 0 amide bonds. The van der Waals surface area contributed by atoms with Crippen LogP contribution in [0.1, 0.15) is 12.1 Å². The van der Waals surface area contributed by atoms with Crippen LogP contribution in [0.4, 0.5) is 0 Å². The molecule has 0 saturated heterocycles. The van der Waals surface area contributed by atoms with Gasteiger partial charge in [-0.1, -0.05) is 11.6 Å². The van der Waals surface area contributed by atoms with E-state index in [4.69, 9.17) is 11.6 Å². The molecular formula is C8H9ClN2O3. The zero-order valence-electron chi connectivity index (χ0n) is 7.54. The minimum atomic E-state index is -0.364. The Labute approximate surface area is 85.0 Å². The van der Waals surface area contributed by atoms with Gasteiger partial charge in [0.15, 0.2) is 0 Å². The molecule has 0 fully saturated rings. The SMILES string of the molecule is COC(=O)CCc1n[nH]c(=O)cc1Cl. The van der Waals surface area contributed by atoms with E-state index < -0.39 is 0 Å². The van der Waals surface area contributed by atoms with Crippen LogP contribution in [-0.4, -0.2) is 23.3 Å². The standard InChI is InChI=1S/C8H9ClN2O3/c1-14-8(13)3-2-6-5(9)4-7(12)11-10-6/h4H,2-3H2,1H3,(H,11,12). The van der Waals surface area contributed by atoms with Crippen molar-refractivity contribution in [2.45, 2.75) is 12.8 Å². The zero-order chi connectivity index (χ0) is 10.6. The maximum absolute atomic E-state index is 10.8. The van der Waals surface area contributed by atoms with Crippen LogP contribution in [0.5, 0.6) is 0 Å². The molecule has 5 nitrogen and oxygen atoms in total. The normalized spacial score (nSPS) is 9.86. The molecule has 0 aliphatic heterocycles. The number of hydrogen-bond donors (Lipinski definition) is 1. The lowest BCUT2D eigenvalue weighted by molar-refractivity contribution is -0.140. The van der Waals surface area contributed by atoms with E-state index in [-0.39, 0.29) is 23.0 Å². The molecule has 0 saturated carbocycles. The topological polar surface area (TPSA) is 72.0 Å². The lowest BCUT2D eigenvalue weighted by Crippen LogP contribution is -2.10. The second-order valence-electron chi connectivity index (χ2n) is 2.60. The predicted molar refractivity (Wildman–Crippen MR) is 50.2 cm³/mol. The minimum Gasteiger partial charge on any atom is -0.469 e. The average molecular weight is 217 g/mol. The molecule has 76 valence electrons. The Hall–Kier alpha value is -1.36. The molecule has 0 atom stereocenters. The summed E-state index contributed by atoms with van der Waals surface area (Å²) >= 11 is 5.72. The van der Waals surface area contributed by atoms with E-state index in [0.717, 1.165) is 0 Å². The van der Waals surface area contributed by atoms with E-state index in [2.05, 4.69) is 14.9 Å². The number of H-pyrrole nitrogens is 1. The van der Waals surface area contributed by atoms with Crippen molar-refractivity contribution >= 4 is 17.6 Å². The van der Waals surface area contributed by atoms with Gasteiger partial charge < -0.3 is 4.74 Å². The number of nitrogens with zero attached hydrogens (tertiary/aromatic N) is 1. The maximum Gasteiger partial charge on any atom is 0.305 e. The number of aromatic amines is 1. The molecular weight excluding hydrogens is 208 g/mol. The maximum atomic E-state index is 10.8. The van der Waals surface area contributed by atoms with E-state index in [1.54, 1.807) is 0 Å². The Balaban J connectivity index is 2.68. The molecule has 1 rings (SSSR count). The number of carbonyl (C=O) groups is 1. The van der Waals surface area contributed by atoms with Crippen LogP contribution in [0.2, 0.25) is 5.02 Å². The van der Waals surface area contributed by atoms with E-state index >= 15 is 0 Å². The van der Waals surface area contributed by atoms with Crippen molar-refractivity contribution < 1.29 is 9.53 Å². The van der Waals surface area contributed by atoms with Crippen molar-refractivity contribution in [2.75, 3.05) is 7.11 Å². The average Bonchev–Trinajstić information content (AvgIpc) is 2.16. The van der Waals surface area contributed by atoms with Gasteiger partial charge >= 0.3 is 5.97 Å². The Bertz CT molecular complexity index is 388. The predicted octanol–water partition coefficient (Wildman–Crippen LogP) is 0.529. The summed E-state index contributed by atoms with van der Waals surface area (Å²) in [4.78, 5) is 21.5. The van der Waals surface area contributed by atoms with Gasteiger partial charge in [0, 0.05) is 12.5 Å². The highest BCUT2D eigenvalue weighted by Gasteiger charge is 2.06. The van der Waals surface area contributed by atoms with Crippen LogP contribution in [0.25, 0.3) is 0 Å². The largest absolute Gasteiger partial charge is 0.469 e. The Morgan fingerprint density at radius 2 is 2.43 bits per heavy atom. The molecule has 1 aromatic rings. The van der Waals surface area contributed by atoms with Crippen LogP contribution in [0.3, 0.4) is 0 Å². The van der Waals surface area contributed by atoms with Gasteiger partial charge in [0.1, 0.15) is 0 Å². The number of aromatic nitrogens is 2. The highest BCUT2D eigenvalue weighted by molar-refractivity contribution is 6.31. The van der Waals surface area contributed by atoms with Crippen LogP contribution in [0.15, 0.2) is 10.9 Å². The van der Waals surface area contributed by atoms with Crippen LogP contribution < -0.4 is 5.56 Å². The second-order valence-corrected chi connectivity index (χ2v) is 3.01. The van der Waals surface area contributed by atoms with Gasteiger partial charge in [-0.15, -0.1) is 0 Å². The summed E-state index contributed by atoms with van der Waals surface area (Å²) in [5.41, 5.74) is 0.119. The first kappa shape index (κ1) is 10.7. The van der Waals surface area contributed by atoms with Crippen LogP contribution >= 0.6 is 11.6 Å². The summed E-state index contributed by atoms with van der Waals surface area (Å²) in [6, 6.07) is 1.22. The summed E-state index contributed by atoms with van der Waals surface area (Å²) in [6.07, 6.45) is 0.539. The van der Waals surface area contributed by atoms with Gasteiger partial charge in [0.2, 0.25) is 0 Å². The fraction of sp³-hybridized carbons (Fsp3) is 0.375. The van der Waals surface area contributed by atoms with Gasteiger partial charge in [-0.25, -0.2) is 5.10 Å². The van der Waals surface area contributed by atoms with Crippen molar-refractivity contribution in [1.29, 1.82) is 0 Å². The fourth-order valence-corrected chi connectivity index (χ4v) is 1.14. The van der Waals surface area contributed by atoms with E-state index in [0.29, 0.717) is 12.1 Å². The monoisotopic (exact) mass is 216 g/mol. The Kier molecular flexibility index (Phi) is 3.64. The first-order chi connectivity index (χ1) is 6.63. The van der Waals surface area contributed by atoms with Gasteiger partial charge in [0.25, 0.3) is 5.56 Å². The molecule has 0 spiro atoms. The number of aryl methyl sites for hydroxylation is 1. The summed E-state index contributed by atoms with van der Waals surface area (Å²) in [6.45, 7) is 0. The summed E-state index contributed by atoms with van der Waals surface area (Å²) in [7, 11) is 1.31. The third-order valence-electron chi connectivity index (χ3n) is 1.63. The van der Waals surface area contributed by atoms with Gasteiger partial charge in [-0.3, -0.25) is 9.59 Å². The van der Waals surface area contributed by atoms with Crippen LogP contribution in [-0.2, 0) is 16.0 Å². The summed E-state index contributed by atoms with van der Waals surface area (Å²) in [5.74, 6) is -0.339. The Morgan fingerprint density at radius 1 is 1.71 bits per heavy atom. The number of methoxy groups -OCH3 is 1. The molecule has 0 unspecified atom stereocenters. The van der Waals surface area contributed by atoms with Crippen molar-refractivity contribution in [2.24, 2.45) is 0 Å². The minimum absolute atomic E-state index is 0.190. The van der Waals surface area contributed by atoms with Gasteiger partial charge in [-0.2, -0.15) is 5.10 Å². The molecule has 0 bridgehead atoms. The molecule has 0 radical (unpaired) electrons. The highest BCUT2D eigenvalue weighted by Crippen LogP contribution is 2.11. The fourth-order valence-electron chi connectivity index (χ4n) is 0.904. The molecule has 0 aliphatic rings. The first-order valence-electron chi connectivity index (χ1n) is 3.94. The number of carbonyl (C=O) groups excluding carboxylic acids is 1. The molecule has 0 aliphatic carbocycles. The number of halogens is 1. The van der Waals surface area contributed by atoms with E-state index in [9.17, 15) is 9.59 Å². The summed E-state index contributed by atoms with van der Waals surface area (Å²) < 4.78 is 4.45.